The fourth-order valence-electron chi connectivity index (χ4n) is 2.48. The van der Waals surface area contributed by atoms with Crippen LogP contribution in [0.15, 0.2) is 54.9 Å². The Morgan fingerprint density at radius 3 is 2.46 bits per heavy atom. The first-order valence-electron chi connectivity index (χ1n) is 8.43. The molecule has 3 aromatic rings. The smallest absolute Gasteiger partial charge is 0.274 e. The first-order chi connectivity index (χ1) is 13.6. The van der Waals surface area contributed by atoms with Gasteiger partial charge in [-0.3, -0.25) is 4.79 Å². The summed E-state index contributed by atoms with van der Waals surface area (Å²) in [5.74, 6) is 1.29. The second-order valence-electron chi connectivity index (χ2n) is 5.79. The zero-order chi connectivity index (χ0) is 19.9. The van der Waals surface area contributed by atoms with Crippen LogP contribution in [0.1, 0.15) is 16.1 Å². The molecule has 0 aliphatic carbocycles. The van der Waals surface area contributed by atoms with Gasteiger partial charge in [0.25, 0.3) is 5.91 Å². The van der Waals surface area contributed by atoms with Crippen molar-refractivity contribution in [3.8, 4) is 11.5 Å². The van der Waals surface area contributed by atoms with Crippen LogP contribution >= 0.6 is 11.6 Å². The average molecular weight is 399 g/mol. The van der Waals surface area contributed by atoms with Crippen LogP contribution in [0.2, 0.25) is 5.02 Å². The maximum atomic E-state index is 12.5. The van der Waals surface area contributed by atoms with Gasteiger partial charge in [-0.25, -0.2) is 9.97 Å². The summed E-state index contributed by atoms with van der Waals surface area (Å²) in [7, 11) is 3.09. The Morgan fingerprint density at radius 2 is 1.75 bits per heavy atom. The Bertz CT molecular complexity index is 964. The number of hydrogen-bond donors (Lipinski definition) is 2. The van der Waals surface area contributed by atoms with Crippen LogP contribution in [-0.2, 0) is 6.54 Å². The third-order valence-corrected chi connectivity index (χ3v) is 4.18. The predicted molar refractivity (Wildman–Crippen MR) is 108 cm³/mol. The number of ether oxygens (including phenoxy) is 2. The zero-order valence-corrected chi connectivity index (χ0v) is 16.2. The van der Waals surface area contributed by atoms with Gasteiger partial charge in [-0.2, -0.15) is 0 Å². The molecule has 0 fully saturated rings. The molecule has 1 amide bonds. The van der Waals surface area contributed by atoms with Crippen molar-refractivity contribution in [2.75, 3.05) is 24.9 Å². The first-order valence-corrected chi connectivity index (χ1v) is 8.80. The van der Waals surface area contributed by atoms with E-state index in [-0.39, 0.29) is 11.6 Å². The van der Waals surface area contributed by atoms with Gasteiger partial charge in [-0.05, 0) is 29.8 Å². The third-order valence-electron chi connectivity index (χ3n) is 3.93. The average Bonchev–Trinajstić information content (AvgIpc) is 2.73. The molecule has 0 bridgehead atoms. The van der Waals surface area contributed by atoms with Crippen LogP contribution in [0.3, 0.4) is 0 Å². The van der Waals surface area contributed by atoms with Gasteiger partial charge in [0.05, 0.1) is 14.2 Å². The van der Waals surface area contributed by atoms with Crippen LogP contribution in [0.25, 0.3) is 0 Å². The molecule has 0 saturated carbocycles. The van der Waals surface area contributed by atoms with Crippen molar-refractivity contribution in [2.24, 2.45) is 0 Å². The Kier molecular flexibility index (Phi) is 6.29. The van der Waals surface area contributed by atoms with E-state index in [4.69, 9.17) is 21.1 Å². The molecule has 1 aromatic heterocycles. The van der Waals surface area contributed by atoms with E-state index in [2.05, 4.69) is 20.6 Å². The molecule has 2 aromatic carbocycles. The number of amides is 1. The van der Waals surface area contributed by atoms with Crippen molar-refractivity contribution in [3.63, 3.8) is 0 Å². The maximum Gasteiger partial charge on any atom is 0.274 e. The Balaban J connectivity index is 1.67. The van der Waals surface area contributed by atoms with Crippen LogP contribution in [0.4, 0.5) is 11.5 Å². The Labute approximate surface area is 167 Å². The molecule has 1 heterocycles. The second-order valence-corrected chi connectivity index (χ2v) is 6.23. The number of nitrogens with one attached hydrogen (secondary N) is 2. The Hall–Kier alpha value is -3.32. The van der Waals surface area contributed by atoms with E-state index >= 15 is 0 Å². The largest absolute Gasteiger partial charge is 0.493 e. The monoisotopic (exact) mass is 398 g/mol. The lowest BCUT2D eigenvalue weighted by Gasteiger charge is -2.11. The molecule has 0 spiro atoms. The molecule has 0 unspecified atom stereocenters. The summed E-state index contributed by atoms with van der Waals surface area (Å²) >= 11 is 5.89. The van der Waals surface area contributed by atoms with Crippen LogP contribution in [-0.4, -0.2) is 30.1 Å². The summed E-state index contributed by atoms with van der Waals surface area (Å²) in [5.41, 5.74) is 1.85. The van der Waals surface area contributed by atoms with Gasteiger partial charge in [0.1, 0.15) is 17.8 Å². The lowest BCUT2D eigenvalue weighted by Crippen LogP contribution is -2.14. The maximum absolute atomic E-state index is 12.5. The predicted octanol–water partition coefficient (Wildman–Crippen LogP) is 4.01. The van der Waals surface area contributed by atoms with Crippen molar-refractivity contribution < 1.29 is 14.3 Å². The van der Waals surface area contributed by atoms with Gasteiger partial charge in [0, 0.05) is 29.4 Å². The summed E-state index contributed by atoms with van der Waals surface area (Å²) in [5, 5.41) is 6.63. The molecule has 0 aliphatic rings. The van der Waals surface area contributed by atoms with Gasteiger partial charge in [-0.15, -0.1) is 0 Å². The summed E-state index contributed by atoms with van der Waals surface area (Å²) in [4.78, 5) is 20.7. The second kappa shape index (κ2) is 9.05. The summed E-state index contributed by atoms with van der Waals surface area (Å²) in [6, 6.07) is 14.2. The molecule has 3 rings (SSSR count). The molecule has 8 heteroatoms. The highest BCUT2D eigenvalue weighted by Gasteiger charge is 2.11. The number of benzene rings is 2. The van der Waals surface area contributed by atoms with Gasteiger partial charge < -0.3 is 20.1 Å². The number of carbonyl (C=O) groups excluding carboxylic acids is 1. The molecular formula is C20H19ClN4O3. The minimum Gasteiger partial charge on any atom is -0.493 e. The number of nitrogens with zero attached hydrogens (tertiary/aromatic N) is 2. The van der Waals surface area contributed by atoms with Crippen molar-refractivity contribution in [1.82, 2.24) is 9.97 Å². The SMILES string of the molecule is COc1ccc(NC(=O)c2cc(NCc3ccc(Cl)cc3)ncn2)cc1OC. The molecule has 0 radical (unpaired) electrons. The fraction of sp³-hybridized carbons (Fsp3) is 0.150. The van der Waals surface area contributed by atoms with Crippen LogP contribution in [0.5, 0.6) is 11.5 Å². The quantitative estimate of drug-likeness (QED) is 0.625. The molecular weight excluding hydrogens is 380 g/mol. The molecule has 0 atom stereocenters. The fourth-order valence-corrected chi connectivity index (χ4v) is 2.61. The van der Waals surface area contributed by atoms with Crippen LogP contribution in [0, 0.1) is 0 Å². The number of rotatable bonds is 7. The standard InChI is InChI=1S/C20H19ClN4O3/c1-27-17-8-7-15(9-18(17)28-2)25-20(26)16-10-19(24-12-23-16)22-11-13-3-5-14(21)6-4-13/h3-10,12H,11H2,1-2H3,(H,25,26)(H,22,23,24). The van der Waals surface area contributed by atoms with Crippen molar-refractivity contribution in [2.45, 2.75) is 6.54 Å². The van der Waals surface area contributed by atoms with E-state index in [1.165, 1.54) is 13.4 Å². The van der Waals surface area contributed by atoms with E-state index in [1.54, 1.807) is 31.4 Å². The van der Waals surface area contributed by atoms with E-state index in [9.17, 15) is 4.79 Å². The minimum absolute atomic E-state index is 0.239. The first kappa shape index (κ1) is 19.4. The highest BCUT2D eigenvalue weighted by molar-refractivity contribution is 6.30. The van der Waals surface area contributed by atoms with Gasteiger partial charge in [-0.1, -0.05) is 23.7 Å². The normalized spacial score (nSPS) is 10.2. The van der Waals surface area contributed by atoms with E-state index in [0.717, 1.165) is 5.56 Å². The number of halogens is 1. The van der Waals surface area contributed by atoms with Gasteiger partial charge >= 0.3 is 0 Å². The third kappa shape index (κ3) is 4.89. The number of carbonyl (C=O) groups is 1. The zero-order valence-electron chi connectivity index (χ0n) is 15.4. The lowest BCUT2D eigenvalue weighted by atomic mass is 10.2. The highest BCUT2D eigenvalue weighted by Crippen LogP contribution is 2.29. The minimum atomic E-state index is -0.357. The summed E-state index contributed by atoms with van der Waals surface area (Å²) in [6.07, 6.45) is 1.34. The summed E-state index contributed by atoms with van der Waals surface area (Å²) in [6.45, 7) is 0.547. The van der Waals surface area contributed by atoms with Gasteiger partial charge in [0.15, 0.2) is 11.5 Å². The van der Waals surface area contributed by atoms with E-state index in [0.29, 0.717) is 34.6 Å². The molecule has 0 saturated heterocycles. The number of anilines is 2. The highest BCUT2D eigenvalue weighted by atomic mass is 35.5. The number of methoxy groups -OCH3 is 2. The van der Waals surface area contributed by atoms with E-state index < -0.39 is 0 Å². The molecule has 28 heavy (non-hydrogen) atoms. The molecule has 144 valence electrons. The number of hydrogen-bond acceptors (Lipinski definition) is 6. The van der Waals surface area contributed by atoms with Crippen LogP contribution < -0.4 is 20.1 Å². The molecule has 2 N–H and O–H groups in total. The lowest BCUT2D eigenvalue weighted by molar-refractivity contribution is 0.102. The Morgan fingerprint density at radius 1 is 1.00 bits per heavy atom. The van der Waals surface area contributed by atoms with E-state index in [1.807, 2.05) is 24.3 Å². The van der Waals surface area contributed by atoms with Crippen molar-refractivity contribution >= 4 is 29.0 Å². The number of aromatic nitrogens is 2. The summed E-state index contributed by atoms with van der Waals surface area (Å²) < 4.78 is 10.4. The van der Waals surface area contributed by atoms with Crippen molar-refractivity contribution in [1.29, 1.82) is 0 Å². The van der Waals surface area contributed by atoms with Crippen molar-refractivity contribution in [3.05, 3.63) is 71.1 Å². The molecule has 7 nitrogen and oxygen atoms in total. The molecule has 0 aliphatic heterocycles. The van der Waals surface area contributed by atoms with Gasteiger partial charge in [0.2, 0.25) is 0 Å². The topological polar surface area (TPSA) is 85.4 Å².